The Bertz CT molecular complexity index is 1340. The van der Waals surface area contributed by atoms with Gasteiger partial charge in [-0.05, 0) is 24.3 Å². The van der Waals surface area contributed by atoms with Gasteiger partial charge in [0.05, 0.1) is 23.0 Å². The molecule has 30 heavy (non-hydrogen) atoms. The fourth-order valence-corrected chi connectivity index (χ4v) is 3.05. The number of nitrogens with zero attached hydrogens (tertiary/aromatic N) is 3. The second kappa shape index (κ2) is 7.97. The number of oxazole rings is 1. The number of allylic oxidation sites excluding steroid dienone is 1. The van der Waals surface area contributed by atoms with Crippen molar-refractivity contribution in [1.82, 2.24) is 14.5 Å². The van der Waals surface area contributed by atoms with Crippen molar-refractivity contribution in [3.05, 3.63) is 70.7 Å². The number of carbonyl (C=O) groups excluding carboxylic acids is 1. The number of benzene rings is 2. The number of aliphatic hydroxyl groups is 1. The molecule has 0 spiro atoms. The van der Waals surface area contributed by atoms with Gasteiger partial charge in [0, 0.05) is 6.54 Å². The zero-order chi connectivity index (χ0) is 21.1. The van der Waals surface area contributed by atoms with Crippen LogP contribution in [0.4, 0.5) is 0 Å². The van der Waals surface area contributed by atoms with Crippen molar-refractivity contribution in [3.8, 4) is 6.07 Å². The molecule has 4 aromatic rings. The summed E-state index contributed by atoms with van der Waals surface area (Å²) in [7, 11) is 0. The van der Waals surface area contributed by atoms with E-state index in [4.69, 9.17) is 9.15 Å². The number of aromatic nitrogens is 3. The van der Waals surface area contributed by atoms with Gasteiger partial charge in [-0.2, -0.15) is 5.26 Å². The number of nitrogens with one attached hydrogen (secondary N) is 1. The molecule has 150 valence electrons. The predicted molar refractivity (Wildman–Crippen MR) is 107 cm³/mol. The molecule has 0 amide bonds. The molecule has 2 N–H and O–H groups in total. The number of aryl methyl sites for hydroxylation is 1. The highest BCUT2D eigenvalue weighted by atomic mass is 16.5. The van der Waals surface area contributed by atoms with E-state index >= 15 is 0 Å². The van der Waals surface area contributed by atoms with Crippen LogP contribution in [0.2, 0.25) is 0 Å². The SMILES string of the molecule is N#C/C(=C(/O)COC(=O)CCn1c(=O)oc2ccccc21)c1nc2ccccc2[nH]1. The molecule has 0 saturated carbocycles. The van der Waals surface area contributed by atoms with Crippen LogP contribution in [0.5, 0.6) is 0 Å². The molecule has 0 aliphatic carbocycles. The number of hydrogen-bond donors (Lipinski definition) is 2. The lowest BCUT2D eigenvalue weighted by molar-refractivity contribution is -0.143. The van der Waals surface area contributed by atoms with E-state index < -0.39 is 24.1 Å². The van der Waals surface area contributed by atoms with Crippen molar-refractivity contribution in [2.24, 2.45) is 0 Å². The molecular weight excluding hydrogens is 388 g/mol. The quantitative estimate of drug-likeness (QED) is 0.287. The number of ether oxygens (including phenoxy) is 1. The molecule has 2 aromatic carbocycles. The molecule has 9 heteroatoms. The molecule has 9 nitrogen and oxygen atoms in total. The summed E-state index contributed by atoms with van der Waals surface area (Å²) in [6.07, 6.45) is -0.108. The maximum absolute atomic E-state index is 12.1. The van der Waals surface area contributed by atoms with Crippen LogP contribution >= 0.6 is 0 Å². The lowest BCUT2D eigenvalue weighted by Gasteiger charge is -2.06. The third kappa shape index (κ3) is 3.66. The highest BCUT2D eigenvalue weighted by Crippen LogP contribution is 2.19. The number of nitriles is 1. The lowest BCUT2D eigenvalue weighted by atomic mass is 10.2. The fourth-order valence-electron chi connectivity index (χ4n) is 3.05. The van der Waals surface area contributed by atoms with Crippen molar-refractivity contribution in [2.75, 3.05) is 6.61 Å². The van der Waals surface area contributed by atoms with Gasteiger partial charge >= 0.3 is 11.7 Å². The van der Waals surface area contributed by atoms with E-state index in [1.165, 1.54) is 4.57 Å². The van der Waals surface area contributed by atoms with E-state index in [0.717, 1.165) is 0 Å². The average Bonchev–Trinajstić information content (AvgIpc) is 3.31. The Kier molecular flexibility index (Phi) is 5.05. The lowest BCUT2D eigenvalue weighted by Crippen LogP contribution is -2.18. The number of H-pyrrole nitrogens is 1. The smallest absolute Gasteiger partial charge is 0.419 e. The van der Waals surface area contributed by atoms with Crippen LogP contribution in [0.1, 0.15) is 12.2 Å². The summed E-state index contributed by atoms with van der Waals surface area (Å²) in [5, 5.41) is 19.6. The van der Waals surface area contributed by atoms with E-state index in [0.29, 0.717) is 22.1 Å². The molecule has 0 bridgehead atoms. The molecule has 2 heterocycles. The van der Waals surface area contributed by atoms with Gasteiger partial charge in [0.1, 0.15) is 18.2 Å². The summed E-state index contributed by atoms with van der Waals surface area (Å²) in [5.74, 6) is -1.44. The zero-order valence-electron chi connectivity index (χ0n) is 15.7. The number of hydrogen-bond acceptors (Lipinski definition) is 7. The van der Waals surface area contributed by atoms with Gasteiger partial charge in [-0.15, -0.1) is 0 Å². The van der Waals surface area contributed by atoms with Crippen LogP contribution in [-0.2, 0) is 16.1 Å². The number of aromatic amines is 1. The van der Waals surface area contributed by atoms with E-state index in [2.05, 4.69) is 9.97 Å². The van der Waals surface area contributed by atoms with Crippen LogP contribution in [-0.4, -0.2) is 32.2 Å². The maximum atomic E-state index is 12.1. The van der Waals surface area contributed by atoms with Crippen molar-refractivity contribution in [3.63, 3.8) is 0 Å². The number of imidazole rings is 1. The Morgan fingerprint density at radius 3 is 2.80 bits per heavy atom. The zero-order valence-corrected chi connectivity index (χ0v) is 15.7. The van der Waals surface area contributed by atoms with E-state index in [9.17, 15) is 20.0 Å². The number of esters is 1. The summed E-state index contributed by atoms with van der Waals surface area (Å²) in [6.45, 7) is -0.423. The first-order valence-electron chi connectivity index (χ1n) is 9.08. The van der Waals surface area contributed by atoms with Gasteiger partial charge in [-0.3, -0.25) is 9.36 Å². The minimum atomic E-state index is -0.638. The van der Waals surface area contributed by atoms with Crippen molar-refractivity contribution >= 4 is 33.7 Å². The Labute approximate surface area is 169 Å². The molecule has 0 saturated heterocycles. The third-order valence-electron chi connectivity index (χ3n) is 4.51. The summed E-state index contributed by atoms with van der Waals surface area (Å²) in [6, 6.07) is 15.9. The topological polar surface area (TPSA) is 134 Å². The van der Waals surface area contributed by atoms with Crippen molar-refractivity contribution < 1.29 is 19.1 Å². The van der Waals surface area contributed by atoms with Crippen LogP contribution < -0.4 is 5.76 Å². The minimum Gasteiger partial charge on any atom is -0.507 e. The van der Waals surface area contributed by atoms with Crippen LogP contribution in [0.15, 0.2) is 63.5 Å². The number of fused-ring (bicyclic) bond motifs is 2. The summed E-state index contributed by atoms with van der Waals surface area (Å²) < 4.78 is 11.5. The van der Waals surface area contributed by atoms with Crippen molar-refractivity contribution in [2.45, 2.75) is 13.0 Å². The van der Waals surface area contributed by atoms with Gasteiger partial charge in [0.25, 0.3) is 0 Å². The van der Waals surface area contributed by atoms with Gasteiger partial charge in [-0.1, -0.05) is 24.3 Å². The highest BCUT2D eigenvalue weighted by Gasteiger charge is 2.16. The van der Waals surface area contributed by atoms with Gasteiger partial charge in [0.15, 0.2) is 17.2 Å². The van der Waals surface area contributed by atoms with E-state index in [-0.39, 0.29) is 24.4 Å². The monoisotopic (exact) mass is 404 g/mol. The number of aliphatic hydroxyl groups excluding tert-OH is 1. The molecule has 0 aliphatic heterocycles. The number of para-hydroxylation sites is 4. The molecule has 2 aromatic heterocycles. The summed E-state index contributed by atoms with van der Waals surface area (Å²) >= 11 is 0. The Balaban J connectivity index is 1.42. The molecule has 0 radical (unpaired) electrons. The fraction of sp³-hybridized carbons (Fsp3) is 0.143. The highest BCUT2D eigenvalue weighted by molar-refractivity contribution is 5.83. The molecular formula is C21H16N4O5. The molecule has 0 unspecified atom stereocenters. The number of rotatable bonds is 6. The molecule has 0 fully saturated rings. The Morgan fingerprint density at radius 1 is 1.23 bits per heavy atom. The van der Waals surface area contributed by atoms with E-state index in [1.54, 1.807) is 42.5 Å². The van der Waals surface area contributed by atoms with Gasteiger partial charge in [-0.25, -0.2) is 9.78 Å². The number of carbonyl (C=O) groups is 1. The van der Waals surface area contributed by atoms with E-state index in [1.807, 2.05) is 12.1 Å². The van der Waals surface area contributed by atoms with Crippen molar-refractivity contribution in [1.29, 1.82) is 5.26 Å². The summed E-state index contributed by atoms with van der Waals surface area (Å²) in [4.78, 5) is 31.2. The first kappa shape index (κ1) is 19.0. The predicted octanol–water partition coefficient (Wildman–Crippen LogP) is 2.90. The van der Waals surface area contributed by atoms with Gasteiger partial charge in [0.2, 0.25) is 0 Å². The average molecular weight is 404 g/mol. The largest absolute Gasteiger partial charge is 0.507 e. The van der Waals surface area contributed by atoms with Crippen LogP contribution in [0, 0.1) is 11.3 Å². The summed E-state index contributed by atoms with van der Waals surface area (Å²) in [5.41, 5.74) is 2.25. The normalized spacial score (nSPS) is 12.0. The van der Waals surface area contributed by atoms with Crippen LogP contribution in [0.3, 0.4) is 0 Å². The Morgan fingerprint density at radius 2 is 2.00 bits per heavy atom. The van der Waals surface area contributed by atoms with Gasteiger partial charge < -0.3 is 19.2 Å². The minimum absolute atomic E-state index is 0.0633. The van der Waals surface area contributed by atoms with Crippen LogP contribution in [0.25, 0.3) is 27.7 Å². The molecule has 4 rings (SSSR count). The first-order chi connectivity index (χ1) is 14.6. The first-order valence-corrected chi connectivity index (χ1v) is 9.08. The Hall–Kier alpha value is -4.32. The molecule has 0 atom stereocenters. The standard InChI is InChI=1S/C21H16N4O5/c22-11-13(20-23-14-5-1-2-6-15(14)24-20)17(26)12-29-19(27)9-10-25-16-7-3-4-8-18(16)30-21(25)28/h1-8,26H,9-10,12H2,(H,23,24)/b17-13-. The third-order valence-corrected chi connectivity index (χ3v) is 4.51. The second-order valence-corrected chi connectivity index (χ2v) is 6.43. The maximum Gasteiger partial charge on any atom is 0.419 e. The second-order valence-electron chi connectivity index (χ2n) is 6.43. The molecule has 0 aliphatic rings.